The number of methoxy groups -OCH3 is 1. The molecule has 0 saturated heterocycles. The average molecular weight is 355 g/mol. The van der Waals surface area contributed by atoms with Gasteiger partial charge in [0.1, 0.15) is 0 Å². The van der Waals surface area contributed by atoms with E-state index in [4.69, 9.17) is 9.47 Å². The lowest BCUT2D eigenvalue weighted by Crippen LogP contribution is -2.20. The highest BCUT2D eigenvalue weighted by atomic mass is 32.1. The highest BCUT2D eigenvalue weighted by Crippen LogP contribution is 2.39. The van der Waals surface area contributed by atoms with E-state index in [1.807, 2.05) is 24.3 Å². The summed E-state index contributed by atoms with van der Waals surface area (Å²) in [5, 5.41) is 9.67. The first-order valence-electron chi connectivity index (χ1n) is 6.84. The van der Waals surface area contributed by atoms with Crippen molar-refractivity contribution in [3.63, 3.8) is 0 Å². The summed E-state index contributed by atoms with van der Waals surface area (Å²) in [6.07, 6.45) is -7.33. The number of halogens is 3. The van der Waals surface area contributed by atoms with Crippen LogP contribution in [0.3, 0.4) is 0 Å². The van der Waals surface area contributed by atoms with E-state index in [-0.39, 0.29) is 17.1 Å². The Morgan fingerprint density at radius 2 is 1.88 bits per heavy atom. The van der Waals surface area contributed by atoms with Crippen LogP contribution in [0.1, 0.15) is 11.7 Å². The zero-order valence-corrected chi connectivity index (χ0v) is 13.2. The monoisotopic (exact) mass is 355 g/mol. The summed E-state index contributed by atoms with van der Waals surface area (Å²) in [6, 6.07) is 11.0. The number of aliphatic hydroxyl groups excluding tert-OH is 1. The number of hydrogen-bond donors (Lipinski definition) is 1. The van der Waals surface area contributed by atoms with Crippen molar-refractivity contribution in [2.45, 2.75) is 12.3 Å². The van der Waals surface area contributed by atoms with Crippen LogP contribution in [0.2, 0.25) is 0 Å². The van der Waals surface area contributed by atoms with Crippen molar-refractivity contribution in [3.05, 3.63) is 48.0 Å². The first kappa shape index (κ1) is 16.5. The number of aromatic nitrogens is 1. The second-order valence-corrected chi connectivity index (χ2v) is 5.90. The first-order valence-corrected chi connectivity index (χ1v) is 7.66. The van der Waals surface area contributed by atoms with E-state index in [0.29, 0.717) is 5.19 Å². The van der Waals surface area contributed by atoms with Crippen molar-refractivity contribution >= 4 is 21.6 Å². The Morgan fingerprint density at radius 1 is 1.12 bits per heavy atom. The molecule has 3 rings (SSSR count). The number of ether oxygens (including phenoxy) is 2. The number of rotatable bonds is 4. The Hall–Kier alpha value is -2.32. The summed E-state index contributed by atoms with van der Waals surface area (Å²) in [4.78, 5) is 4.29. The number of para-hydroxylation sites is 1. The van der Waals surface area contributed by atoms with E-state index in [0.717, 1.165) is 22.3 Å². The maximum atomic E-state index is 12.6. The number of alkyl halides is 3. The van der Waals surface area contributed by atoms with Crippen molar-refractivity contribution in [2.24, 2.45) is 0 Å². The van der Waals surface area contributed by atoms with E-state index >= 15 is 0 Å². The Morgan fingerprint density at radius 3 is 2.54 bits per heavy atom. The molecular formula is C16H12F3NO3S. The van der Waals surface area contributed by atoms with Gasteiger partial charge in [0.25, 0.3) is 5.19 Å². The van der Waals surface area contributed by atoms with Crippen LogP contribution in [0.4, 0.5) is 13.2 Å². The summed E-state index contributed by atoms with van der Waals surface area (Å²) in [5.74, 6) is 0.296. The van der Waals surface area contributed by atoms with Gasteiger partial charge < -0.3 is 14.6 Å². The molecule has 1 atom stereocenters. The molecule has 1 aromatic heterocycles. The van der Waals surface area contributed by atoms with Crippen LogP contribution in [0.25, 0.3) is 10.2 Å². The van der Waals surface area contributed by atoms with Gasteiger partial charge >= 0.3 is 6.18 Å². The average Bonchev–Trinajstić information content (AvgIpc) is 2.96. The first-order chi connectivity index (χ1) is 11.4. The molecule has 4 nitrogen and oxygen atoms in total. The lowest BCUT2D eigenvalue weighted by molar-refractivity contribution is -0.206. The molecule has 3 aromatic rings. The summed E-state index contributed by atoms with van der Waals surface area (Å²) in [7, 11) is 1.31. The van der Waals surface area contributed by atoms with E-state index in [9.17, 15) is 18.3 Å². The molecule has 8 heteroatoms. The zero-order valence-electron chi connectivity index (χ0n) is 12.4. The normalized spacial score (nSPS) is 13.0. The molecule has 0 aliphatic heterocycles. The van der Waals surface area contributed by atoms with E-state index < -0.39 is 12.3 Å². The zero-order chi connectivity index (χ0) is 17.3. The maximum absolute atomic E-state index is 12.6. The van der Waals surface area contributed by atoms with Crippen molar-refractivity contribution in [1.29, 1.82) is 0 Å². The number of fused-ring (bicyclic) bond motifs is 1. The van der Waals surface area contributed by atoms with Crippen molar-refractivity contribution in [1.82, 2.24) is 4.98 Å². The SMILES string of the molecule is COc1cc(C(O)C(F)(F)F)ccc1Oc1nc2ccccc2s1. The van der Waals surface area contributed by atoms with E-state index in [1.54, 1.807) is 0 Å². The molecule has 0 amide bonds. The van der Waals surface area contributed by atoms with Crippen molar-refractivity contribution in [3.8, 4) is 16.7 Å². The molecule has 1 N–H and O–H groups in total. The van der Waals surface area contributed by atoms with Gasteiger partial charge in [0.2, 0.25) is 0 Å². The van der Waals surface area contributed by atoms with Gasteiger partial charge in [-0.15, -0.1) is 0 Å². The van der Waals surface area contributed by atoms with Gasteiger partial charge in [-0.25, -0.2) is 4.98 Å². The van der Waals surface area contributed by atoms with Gasteiger partial charge in [0.05, 0.1) is 17.3 Å². The molecule has 0 fully saturated rings. The Labute approximate surface area is 139 Å². The molecule has 0 aliphatic rings. The highest BCUT2D eigenvalue weighted by molar-refractivity contribution is 7.20. The number of nitrogens with zero attached hydrogens (tertiary/aromatic N) is 1. The quantitative estimate of drug-likeness (QED) is 0.737. The van der Waals surface area contributed by atoms with Crippen LogP contribution < -0.4 is 9.47 Å². The van der Waals surface area contributed by atoms with Gasteiger partial charge in [-0.1, -0.05) is 29.5 Å². The molecule has 126 valence electrons. The summed E-state index contributed by atoms with van der Waals surface area (Å²) in [5.41, 5.74) is 0.441. The third-order valence-electron chi connectivity index (χ3n) is 3.28. The lowest BCUT2D eigenvalue weighted by atomic mass is 10.1. The van der Waals surface area contributed by atoms with Crippen LogP contribution >= 0.6 is 11.3 Å². The fraction of sp³-hybridized carbons (Fsp3) is 0.188. The predicted molar refractivity (Wildman–Crippen MR) is 83.7 cm³/mol. The molecule has 2 aromatic carbocycles. The standard InChI is InChI=1S/C16H12F3NO3S/c1-22-12-8-9(14(21)16(17,18)19)6-7-11(12)23-15-20-10-4-2-3-5-13(10)24-15/h2-8,14,21H,1H3. The lowest BCUT2D eigenvalue weighted by Gasteiger charge is -2.16. The van der Waals surface area contributed by atoms with Gasteiger partial charge in [-0.2, -0.15) is 13.2 Å². The Bertz CT molecular complexity index is 830. The minimum absolute atomic E-state index is 0.0788. The number of thiazole rings is 1. The number of benzene rings is 2. The van der Waals surface area contributed by atoms with Crippen LogP contribution in [-0.4, -0.2) is 23.4 Å². The van der Waals surface area contributed by atoms with Crippen molar-refractivity contribution in [2.75, 3.05) is 7.11 Å². The second kappa shape index (κ2) is 6.29. The van der Waals surface area contributed by atoms with Gasteiger partial charge in [0.15, 0.2) is 17.6 Å². The minimum Gasteiger partial charge on any atom is -0.493 e. The fourth-order valence-electron chi connectivity index (χ4n) is 2.12. The molecule has 0 radical (unpaired) electrons. The summed E-state index contributed by atoms with van der Waals surface area (Å²) in [6.45, 7) is 0. The van der Waals surface area contributed by atoms with Crippen molar-refractivity contribution < 1.29 is 27.8 Å². The topological polar surface area (TPSA) is 51.6 Å². The molecule has 0 aliphatic carbocycles. The van der Waals surface area contributed by atoms with Crippen LogP contribution in [0, 0.1) is 0 Å². The number of hydrogen-bond acceptors (Lipinski definition) is 5. The van der Waals surface area contributed by atoms with Crippen LogP contribution in [-0.2, 0) is 0 Å². The molecule has 0 bridgehead atoms. The predicted octanol–water partition coefficient (Wildman–Crippen LogP) is 4.69. The molecular weight excluding hydrogens is 343 g/mol. The van der Waals surface area contributed by atoms with Crippen LogP contribution in [0.15, 0.2) is 42.5 Å². The summed E-state index contributed by atoms with van der Waals surface area (Å²) < 4.78 is 49.4. The second-order valence-electron chi connectivity index (χ2n) is 4.90. The third-order valence-corrected chi connectivity index (χ3v) is 4.20. The highest BCUT2D eigenvalue weighted by Gasteiger charge is 2.39. The largest absolute Gasteiger partial charge is 0.493 e. The summed E-state index contributed by atoms with van der Waals surface area (Å²) >= 11 is 1.31. The number of aliphatic hydroxyl groups is 1. The van der Waals surface area contributed by atoms with E-state index in [1.165, 1.54) is 24.5 Å². The van der Waals surface area contributed by atoms with Gasteiger partial charge in [0, 0.05) is 0 Å². The fourth-order valence-corrected chi connectivity index (χ4v) is 2.94. The van der Waals surface area contributed by atoms with Gasteiger partial charge in [-0.3, -0.25) is 0 Å². The minimum atomic E-state index is -4.75. The molecule has 1 heterocycles. The maximum Gasteiger partial charge on any atom is 0.418 e. The Kier molecular flexibility index (Phi) is 4.33. The molecule has 1 unspecified atom stereocenters. The Balaban J connectivity index is 1.90. The van der Waals surface area contributed by atoms with Gasteiger partial charge in [-0.05, 0) is 29.8 Å². The molecule has 24 heavy (non-hydrogen) atoms. The van der Waals surface area contributed by atoms with Crippen LogP contribution in [0.5, 0.6) is 16.7 Å². The molecule has 0 saturated carbocycles. The molecule has 0 spiro atoms. The third kappa shape index (κ3) is 3.29. The smallest absolute Gasteiger partial charge is 0.418 e. The van der Waals surface area contributed by atoms with E-state index in [2.05, 4.69) is 4.98 Å².